The molecule has 0 aromatic heterocycles. The van der Waals surface area contributed by atoms with E-state index in [1.165, 1.54) is 4.90 Å². The van der Waals surface area contributed by atoms with Crippen LogP contribution in [0.3, 0.4) is 0 Å². The lowest BCUT2D eigenvalue weighted by Crippen LogP contribution is -2.54. The molecule has 8 aromatic carbocycles. The maximum atomic E-state index is 13.6. The number of nitrogens with one attached hydrogen (secondary N) is 4. The van der Waals surface area contributed by atoms with Crippen LogP contribution in [-0.2, 0) is 25.6 Å². The molecule has 8 aromatic rings. The standard InChI is InChI=1S/2C29H36N4O5.C29H36N4O4.C27H32N4O4/c1-27(2)15-22(34)33(26(30)32-27)19-14-28(3,4)37-21-12-11-16(13-18(19)21)25(36)31-23-17-9-7-8-10-20(17)38-29(5,6)24(23)35;1-16(2)29(5)15-23(34)33(27(30)32-29)20-12-13-37-21-11-10-17(14-19(20)21)26(36)31-24-18-8-6-7-9-22(18)38-28(3,4)25(24)35;1-17(2)29(5)16-25(34)33(27(30)32-29)22-12-13-36-23-11-10-18(14-20(22)23)26(35)31-21-15-28(3,4)37-24-9-7-6-8-19(21)24;1-26(2)14-22(33)31(25(28)30-26)19-13-27(3,4)35-21-10-9-16(11-18(19)21)24(34)29-23-17-8-6-5-7-15(17)12-20(23)32/h7-13,19,23-24,35H,14-15H2,1-6H3,(H2,30,32)(H,31,36);6-11,14,16,20,24-25,35H,12-13,15H2,1-5H3,(H2,30,32)(H,31,36);6-11,14,17,21-22H,12-13,15-16H2,1-5H3,(H2,30,32)(H,31,35);5-11,19-20,23,32H,12-14H2,1-4H3,(H2,28,30)(H,29,34)/t19-,23-,24+;20-,24?,25?,29+;21-,22+,29-;19-,20-,23-/m1101/s1. The van der Waals surface area contributed by atoms with E-state index in [4.69, 9.17) is 66.1 Å². The third kappa shape index (κ3) is 21.3. The second kappa shape index (κ2) is 39.5. The minimum absolute atomic E-state index is 0.0579. The molecule has 0 bridgehead atoms. The van der Waals surface area contributed by atoms with E-state index < -0.39 is 105 Å². The fraction of sp³-hybridized carbons (Fsp3) is 0.474. The Labute approximate surface area is 864 Å². The number of nitrogens with two attached hydrogens (primary N) is 4. The van der Waals surface area contributed by atoms with Gasteiger partial charge in [0.2, 0.25) is 23.6 Å². The van der Waals surface area contributed by atoms with E-state index in [9.17, 15) is 53.7 Å². The van der Waals surface area contributed by atoms with Gasteiger partial charge in [0, 0.05) is 99.7 Å². The number of para-hydroxylation sites is 3. The summed E-state index contributed by atoms with van der Waals surface area (Å²) in [6, 6.07) is 47.7. The number of hydrogen-bond donors (Lipinski definition) is 11. The monoisotopic (exact) mass is 2020 g/mol. The minimum atomic E-state index is -0.971. The number of ether oxygens (including phenoxy) is 7. The lowest BCUT2D eigenvalue weighted by atomic mass is 9.83. The number of rotatable bonds is 14. The maximum Gasteiger partial charge on any atom is 0.251 e. The summed E-state index contributed by atoms with van der Waals surface area (Å²) in [7, 11) is 0. The van der Waals surface area contributed by atoms with E-state index in [1.54, 1.807) is 109 Å². The van der Waals surface area contributed by atoms with Crippen molar-refractivity contribution in [3.8, 4) is 40.2 Å². The molecule has 0 radical (unpaired) electrons. The molecule has 20 rings (SSSR count). The van der Waals surface area contributed by atoms with Crippen molar-refractivity contribution < 1.29 is 86.8 Å². The van der Waals surface area contributed by atoms with Gasteiger partial charge in [0.1, 0.15) is 80.5 Å². The van der Waals surface area contributed by atoms with Crippen LogP contribution in [0.4, 0.5) is 0 Å². The van der Waals surface area contributed by atoms with E-state index >= 15 is 0 Å². The van der Waals surface area contributed by atoms with Crippen LogP contribution >= 0.6 is 0 Å². The lowest BCUT2D eigenvalue weighted by Gasteiger charge is -2.44. The van der Waals surface area contributed by atoms with Crippen LogP contribution in [0.2, 0.25) is 0 Å². The number of nitrogens with zero attached hydrogens (tertiary/aromatic N) is 8. The highest BCUT2D eigenvalue weighted by Gasteiger charge is 2.52. The van der Waals surface area contributed by atoms with Gasteiger partial charge in [0.15, 0.2) is 23.8 Å². The lowest BCUT2D eigenvalue weighted by molar-refractivity contribution is -0.133. The van der Waals surface area contributed by atoms with Crippen LogP contribution in [-0.4, -0.2) is 188 Å². The molecule has 11 heterocycles. The largest absolute Gasteiger partial charge is 0.493 e. The molecular formula is C114H140N16O18. The Bertz CT molecular complexity index is 6720. The molecule has 34 heteroatoms. The van der Waals surface area contributed by atoms with Crippen molar-refractivity contribution in [3.05, 3.63) is 242 Å². The number of amides is 8. The molecular weight excluding hydrogens is 1880 g/mol. The molecule has 0 saturated heterocycles. The SMILES string of the molecule is CC(C)[C@]1(C)CC(=O)N([C@@H]2CCOc3ccc(C(=O)NC4c5ccccc5OC(C)(C)C4O)cc32)C(N)=N1.CC(C)[C@]1(C)CC(=O)N([C@@H]2CCOc3ccc(C(=O)N[C@H]4CC(C)(C)Oc5ccccc54)cc32)C(N)=N1.CC1(C)CC(=O)N([C@@H]2CC(C)(C)Oc3ccc(C(=O)N[C@@H]4c5ccccc5C[C@H]4O)cc32)C(N)=N1.CC1(C)CC(=O)N([C@@H]2CC(C)(C)Oc3ccc(C(=O)N[C@@H]4c5ccccc5OC(C)(C)[C@H]4O)cc32)C(N)=N1. The Balaban J connectivity index is 0.000000135. The van der Waals surface area contributed by atoms with Crippen LogP contribution in [0, 0.1) is 11.8 Å². The molecule has 13 atom stereocenters. The van der Waals surface area contributed by atoms with Gasteiger partial charge in [-0.25, -0.2) is 20.0 Å². The molecule has 11 aliphatic heterocycles. The highest BCUT2D eigenvalue weighted by molar-refractivity contribution is 6.04. The Hall–Kier alpha value is -14.1. The molecule has 12 aliphatic rings. The number of guanidine groups is 4. The topological polar surface area (TPSA) is 476 Å². The number of hydrogen-bond acceptors (Lipinski definition) is 26. The predicted molar refractivity (Wildman–Crippen MR) is 560 cm³/mol. The van der Waals surface area contributed by atoms with Gasteiger partial charge in [0.25, 0.3) is 23.6 Å². The smallest absolute Gasteiger partial charge is 0.251 e. The average Bonchev–Trinajstić information content (AvgIpc) is 1.07. The predicted octanol–water partition coefficient (Wildman–Crippen LogP) is 14.6. The minimum Gasteiger partial charge on any atom is -0.493 e. The first-order valence-corrected chi connectivity index (χ1v) is 51.1. The van der Waals surface area contributed by atoms with Gasteiger partial charge in [-0.1, -0.05) is 107 Å². The summed E-state index contributed by atoms with van der Waals surface area (Å²) in [6.07, 6.45) is 1.64. The number of aliphatic imine (C=N–C) groups is 4. The van der Waals surface area contributed by atoms with Crippen molar-refractivity contribution in [1.82, 2.24) is 40.9 Å². The van der Waals surface area contributed by atoms with E-state index in [-0.39, 0.29) is 121 Å². The van der Waals surface area contributed by atoms with Crippen molar-refractivity contribution in [1.29, 1.82) is 0 Å². The van der Waals surface area contributed by atoms with Gasteiger partial charge in [-0.05, 0) is 225 Å². The summed E-state index contributed by atoms with van der Waals surface area (Å²) < 4.78 is 42.2. The van der Waals surface area contributed by atoms with Crippen LogP contribution in [0.5, 0.6) is 40.2 Å². The van der Waals surface area contributed by atoms with E-state index in [0.29, 0.717) is 131 Å². The summed E-state index contributed by atoms with van der Waals surface area (Å²) >= 11 is 0. The molecule has 15 N–H and O–H groups in total. The number of aliphatic hydroxyl groups excluding tert-OH is 3. The first-order valence-electron chi connectivity index (χ1n) is 51.1. The Morgan fingerprint density at radius 3 is 1.03 bits per heavy atom. The summed E-state index contributed by atoms with van der Waals surface area (Å²) in [5.41, 5.74) is 28.8. The highest BCUT2D eigenvalue weighted by atomic mass is 16.5. The quantitative estimate of drug-likeness (QED) is 0.0482. The molecule has 2 unspecified atom stereocenters. The van der Waals surface area contributed by atoms with Crippen molar-refractivity contribution in [2.45, 2.75) is 319 Å². The number of aliphatic hydroxyl groups is 3. The molecule has 0 saturated carbocycles. The van der Waals surface area contributed by atoms with Crippen LogP contribution in [0.15, 0.2) is 190 Å². The normalized spacial score (nSPS) is 26.9. The van der Waals surface area contributed by atoms with E-state index in [2.05, 4.69) is 31.3 Å². The molecule has 784 valence electrons. The fourth-order valence-corrected chi connectivity index (χ4v) is 22.1. The Morgan fingerprint density at radius 1 is 0.345 bits per heavy atom. The third-order valence-electron chi connectivity index (χ3n) is 30.6. The second-order valence-electron chi connectivity index (χ2n) is 46.1. The summed E-state index contributed by atoms with van der Waals surface area (Å²) in [6.45, 7) is 39.5. The second-order valence-corrected chi connectivity index (χ2v) is 46.1. The number of benzene rings is 8. The third-order valence-corrected chi connectivity index (χ3v) is 30.6. The number of carbonyl (C=O) groups excluding carboxylic acids is 8. The summed E-state index contributed by atoms with van der Waals surface area (Å²) in [5, 5.41) is 44.9. The van der Waals surface area contributed by atoms with E-state index in [1.807, 2.05) is 214 Å². The van der Waals surface area contributed by atoms with Crippen molar-refractivity contribution in [2.75, 3.05) is 13.2 Å². The van der Waals surface area contributed by atoms with Crippen LogP contribution < -0.4 is 77.4 Å². The number of fused-ring (bicyclic) bond motifs is 8. The van der Waals surface area contributed by atoms with Gasteiger partial charge < -0.3 is 92.7 Å². The first kappa shape index (κ1) is 105. The zero-order valence-electron chi connectivity index (χ0n) is 88.0. The summed E-state index contributed by atoms with van der Waals surface area (Å²) in [5.74, 6) is 4.01. The fourth-order valence-electron chi connectivity index (χ4n) is 22.1. The maximum absolute atomic E-state index is 13.6. The number of carbonyl (C=O) groups is 8. The Morgan fingerprint density at radius 2 is 0.649 bits per heavy atom. The van der Waals surface area contributed by atoms with Gasteiger partial charge in [0.05, 0.1) is 115 Å². The Kier molecular flexibility index (Phi) is 28.1. The molecule has 8 amide bonds. The van der Waals surface area contributed by atoms with Gasteiger partial charge >= 0.3 is 0 Å². The van der Waals surface area contributed by atoms with Crippen molar-refractivity contribution >= 4 is 71.1 Å². The average molecular weight is 2020 g/mol. The zero-order valence-corrected chi connectivity index (χ0v) is 88.0. The van der Waals surface area contributed by atoms with Crippen molar-refractivity contribution in [2.24, 2.45) is 54.7 Å². The first-order chi connectivity index (χ1) is 69.5. The summed E-state index contributed by atoms with van der Waals surface area (Å²) in [4.78, 5) is 132. The molecule has 0 fully saturated rings. The van der Waals surface area contributed by atoms with Crippen LogP contribution in [0.1, 0.15) is 336 Å². The molecule has 1 aliphatic carbocycles. The molecule has 148 heavy (non-hydrogen) atoms. The van der Waals surface area contributed by atoms with Gasteiger partial charge in [-0.15, -0.1) is 0 Å². The highest BCUT2D eigenvalue weighted by Crippen LogP contribution is 2.52. The van der Waals surface area contributed by atoms with Gasteiger partial charge in [-0.3, -0.25) is 58.0 Å². The molecule has 34 nitrogen and oxygen atoms in total. The molecule has 0 spiro atoms. The van der Waals surface area contributed by atoms with Crippen LogP contribution in [0.25, 0.3) is 0 Å². The van der Waals surface area contributed by atoms with Gasteiger partial charge in [-0.2, -0.15) is 0 Å². The van der Waals surface area contributed by atoms with E-state index in [0.717, 1.165) is 33.6 Å². The zero-order chi connectivity index (χ0) is 107. The van der Waals surface area contributed by atoms with Crippen molar-refractivity contribution in [3.63, 3.8) is 0 Å².